The Morgan fingerprint density at radius 3 is 2.19 bits per heavy atom. The zero-order chi connectivity index (χ0) is 26.2. The molecule has 2 atom stereocenters. The average molecular weight is 500 g/mol. The molecule has 7 heteroatoms. The molecule has 0 bridgehead atoms. The van der Waals surface area contributed by atoms with Crippen LogP contribution < -0.4 is 0 Å². The van der Waals surface area contributed by atoms with Gasteiger partial charge in [-0.2, -0.15) is 0 Å². The molecule has 188 valence electrons. The molecule has 0 amide bonds. The van der Waals surface area contributed by atoms with Gasteiger partial charge < -0.3 is 14.5 Å². The Hall–Kier alpha value is -4.26. The lowest BCUT2D eigenvalue weighted by Crippen LogP contribution is -2.50. The molecule has 1 aliphatic rings. The van der Waals surface area contributed by atoms with Gasteiger partial charge in [-0.05, 0) is 29.7 Å². The van der Waals surface area contributed by atoms with Crippen LogP contribution in [0.4, 0.5) is 4.39 Å². The van der Waals surface area contributed by atoms with Crippen LogP contribution in [0.3, 0.4) is 0 Å². The highest BCUT2D eigenvalue weighted by Crippen LogP contribution is 2.57. The van der Waals surface area contributed by atoms with Crippen molar-refractivity contribution in [3.8, 4) is 0 Å². The van der Waals surface area contributed by atoms with E-state index in [9.17, 15) is 14.4 Å². The summed E-state index contributed by atoms with van der Waals surface area (Å²) >= 11 is 0. The van der Waals surface area contributed by atoms with Crippen LogP contribution in [0.1, 0.15) is 51.9 Å². The molecule has 2 unspecified atom stereocenters. The Balaban J connectivity index is 1.80. The number of esters is 2. The van der Waals surface area contributed by atoms with Crippen LogP contribution in [0.2, 0.25) is 0 Å². The Kier molecular flexibility index (Phi) is 6.38. The van der Waals surface area contributed by atoms with E-state index in [2.05, 4.69) is 4.98 Å². The first-order valence-electron chi connectivity index (χ1n) is 12.0. The van der Waals surface area contributed by atoms with Crippen molar-refractivity contribution in [1.29, 1.82) is 0 Å². The second kappa shape index (κ2) is 9.65. The van der Waals surface area contributed by atoms with Gasteiger partial charge in [-0.25, -0.2) is 4.39 Å². The number of ether oxygens (including phenoxy) is 2. The monoisotopic (exact) mass is 499 g/mol. The van der Waals surface area contributed by atoms with Gasteiger partial charge in [-0.15, -0.1) is 0 Å². The van der Waals surface area contributed by atoms with E-state index >= 15 is 4.39 Å². The number of rotatable bonds is 6. The minimum atomic E-state index is -1.88. The predicted octanol–water partition coefficient (Wildman–Crippen LogP) is 5.53. The fourth-order valence-corrected chi connectivity index (χ4v) is 5.77. The number of H-pyrrole nitrogens is 1. The molecule has 0 saturated carbocycles. The summed E-state index contributed by atoms with van der Waals surface area (Å²) < 4.78 is 25.6. The smallest absolute Gasteiger partial charge is 0.323 e. The first kappa shape index (κ1) is 24.4. The number of aromatic amines is 1. The average Bonchev–Trinajstić information content (AvgIpc) is 3.33. The largest absolute Gasteiger partial charge is 0.468 e. The maximum atomic E-state index is 15.2. The zero-order valence-electron chi connectivity index (χ0n) is 20.5. The zero-order valence-corrected chi connectivity index (χ0v) is 20.5. The summed E-state index contributed by atoms with van der Waals surface area (Å²) in [5, 5.41) is 0.839. The Labute approximate surface area is 213 Å². The number of nitrogens with one attached hydrogen (secondary N) is 1. The molecule has 1 aromatic heterocycles. The van der Waals surface area contributed by atoms with Gasteiger partial charge in [-0.1, -0.05) is 66.7 Å². The van der Waals surface area contributed by atoms with Crippen molar-refractivity contribution in [2.75, 3.05) is 14.2 Å². The summed E-state index contributed by atoms with van der Waals surface area (Å²) in [6.07, 6.45) is -0.271. The molecule has 6 nitrogen and oxygen atoms in total. The molecule has 4 aromatic rings. The van der Waals surface area contributed by atoms with E-state index in [4.69, 9.17) is 9.47 Å². The molecule has 0 fully saturated rings. The lowest BCUT2D eigenvalue weighted by Gasteiger charge is -2.42. The second-order valence-electron chi connectivity index (χ2n) is 9.28. The van der Waals surface area contributed by atoms with Gasteiger partial charge in [0.2, 0.25) is 0 Å². The van der Waals surface area contributed by atoms with Gasteiger partial charge in [0.1, 0.15) is 5.82 Å². The van der Waals surface area contributed by atoms with Crippen LogP contribution in [0, 0.1) is 11.2 Å². The highest BCUT2D eigenvalue weighted by atomic mass is 19.1. The number of Topliss-reactive ketones (excluding diaryl/α,β-unsaturated/α-hetero) is 1. The van der Waals surface area contributed by atoms with E-state index in [1.54, 1.807) is 48.5 Å². The van der Waals surface area contributed by atoms with E-state index < -0.39 is 35.0 Å². The molecule has 5 rings (SSSR count). The van der Waals surface area contributed by atoms with Crippen LogP contribution in [-0.4, -0.2) is 36.9 Å². The highest BCUT2D eigenvalue weighted by molar-refractivity contribution is 6.05. The number of carbonyl (C=O) groups is 3. The van der Waals surface area contributed by atoms with Crippen molar-refractivity contribution in [3.05, 3.63) is 107 Å². The molecule has 0 spiro atoms. The standard InChI is InChI=1S/C30H26FNO5/c1-36-28(34)30(29(35)37-2)17-21(19-12-6-8-14-23(19)31)26-20-13-7-9-15-24(20)32-27(26)22(30)16-25(33)18-10-4-3-5-11-18/h3-15,21-22,32H,16-17H2,1-2H3. The van der Waals surface area contributed by atoms with E-state index in [0.29, 0.717) is 16.8 Å². The number of aromatic nitrogens is 1. The summed E-state index contributed by atoms with van der Waals surface area (Å²) in [6, 6.07) is 22.5. The fraction of sp³-hybridized carbons (Fsp3) is 0.233. The van der Waals surface area contributed by atoms with Gasteiger partial charge in [0.15, 0.2) is 11.2 Å². The maximum Gasteiger partial charge on any atom is 0.323 e. The summed E-state index contributed by atoms with van der Waals surface area (Å²) in [4.78, 5) is 44.0. The summed E-state index contributed by atoms with van der Waals surface area (Å²) in [7, 11) is 2.39. The number of halogens is 1. The summed E-state index contributed by atoms with van der Waals surface area (Å²) in [6.45, 7) is 0. The Morgan fingerprint density at radius 1 is 0.892 bits per heavy atom. The quantitative estimate of drug-likeness (QED) is 0.214. The highest BCUT2D eigenvalue weighted by Gasteiger charge is 2.60. The van der Waals surface area contributed by atoms with Crippen LogP contribution in [0.15, 0.2) is 78.9 Å². The topological polar surface area (TPSA) is 85.5 Å². The number of fused-ring (bicyclic) bond motifs is 3. The van der Waals surface area contributed by atoms with Crippen molar-refractivity contribution in [2.45, 2.75) is 24.7 Å². The van der Waals surface area contributed by atoms with Gasteiger partial charge in [0, 0.05) is 40.4 Å². The first-order chi connectivity index (χ1) is 17.9. The Morgan fingerprint density at radius 2 is 1.51 bits per heavy atom. The number of para-hydroxylation sites is 1. The molecule has 0 aliphatic heterocycles. The van der Waals surface area contributed by atoms with Gasteiger partial charge in [0.25, 0.3) is 0 Å². The molecule has 0 saturated heterocycles. The molecule has 1 N–H and O–H groups in total. The lowest BCUT2D eigenvalue weighted by atomic mass is 9.59. The molecular formula is C30H26FNO5. The van der Waals surface area contributed by atoms with E-state index in [1.165, 1.54) is 20.3 Å². The minimum Gasteiger partial charge on any atom is -0.468 e. The SMILES string of the molecule is COC(=O)C1(C(=O)OC)CC(c2ccccc2F)c2c([nH]c3ccccc23)C1CC(=O)c1ccccc1. The molecule has 0 radical (unpaired) electrons. The molecule has 1 aliphatic carbocycles. The van der Waals surface area contributed by atoms with Crippen LogP contribution in [0.5, 0.6) is 0 Å². The third-order valence-electron chi connectivity index (χ3n) is 7.46. The predicted molar refractivity (Wildman–Crippen MR) is 136 cm³/mol. The van der Waals surface area contributed by atoms with E-state index in [1.807, 2.05) is 24.3 Å². The number of methoxy groups -OCH3 is 2. The number of benzene rings is 3. The van der Waals surface area contributed by atoms with Crippen molar-refractivity contribution in [2.24, 2.45) is 5.41 Å². The summed E-state index contributed by atoms with van der Waals surface area (Å²) in [5.41, 5.74) is 0.972. The molecule has 37 heavy (non-hydrogen) atoms. The van der Waals surface area contributed by atoms with Crippen molar-refractivity contribution in [1.82, 2.24) is 4.98 Å². The van der Waals surface area contributed by atoms with Gasteiger partial charge in [-0.3, -0.25) is 14.4 Å². The number of hydrogen-bond acceptors (Lipinski definition) is 5. The minimum absolute atomic E-state index is 0.116. The van der Waals surface area contributed by atoms with Crippen molar-refractivity contribution in [3.63, 3.8) is 0 Å². The van der Waals surface area contributed by atoms with Gasteiger partial charge >= 0.3 is 11.9 Å². The first-order valence-corrected chi connectivity index (χ1v) is 12.0. The fourth-order valence-electron chi connectivity index (χ4n) is 5.77. The normalized spacial score (nSPS) is 18.1. The van der Waals surface area contributed by atoms with Crippen LogP contribution in [-0.2, 0) is 19.1 Å². The van der Waals surface area contributed by atoms with Gasteiger partial charge in [0.05, 0.1) is 14.2 Å². The number of ketones is 1. The van der Waals surface area contributed by atoms with E-state index in [-0.39, 0.29) is 18.6 Å². The number of carbonyl (C=O) groups excluding carboxylic acids is 3. The van der Waals surface area contributed by atoms with Crippen molar-refractivity contribution >= 4 is 28.6 Å². The number of hydrogen-bond donors (Lipinski definition) is 1. The van der Waals surface area contributed by atoms with Crippen LogP contribution in [0.25, 0.3) is 10.9 Å². The second-order valence-corrected chi connectivity index (χ2v) is 9.28. The third-order valence-corrected chi connectivity index (χ3v) is 7.46. The Bertz CT molecular complexity index is 1480. The van der Waals surface area contributed by atoms with Crippen molar-refractivity contribution < 1.29 is 28.2 Å². The third kappa shape index (κ3) is 3.91. The summed E-state index contributed by atoms with van der Waals surface area (Å²) in [5.74, 6) is -3.94. The van der Waals surface area contributed by atoms with E-state index in [0.717, 1.165) is 16.5 Å². The molecule has 1 heterocycles. The maximum absolute atomic E-state index is 15.2. The molecular weight excluding hydrogens is 473 g/mol. The lowest BCUT2D eigenvalue weighted by molar-refractivity contribution is -0.172. The molecule has 3 aromatic carbocycles. The van der Waals surface area contributed by atoms with Crippen LogP contribution >= 0.6 is 0 Å².